The largest absolute Gasteiger partial charge is 0.472 e. The molecule has 0 aliphatic carbocycles. The van der Waals surface area contributed by atoms with E-state index in [2.05, 4.69) is 16.0 Å². The third-order valence-corrected chi connectivity index (χ3v) is 10.2. The summed E-state index contributed by atoms with van der Waals surface area (Å²) in [7, 11) is -9.79. The highest BCUT2D eigenvalue weighted by Gasteiger charge is 2.28. The van der Waals surface area contributed by atoms with Crippen LogP contribution in [0, 0.1) is 0 Å². The summed E-state index contributed by atoms with van der Waals surface area (Å²) in [5.74, 6) is -1.37. The number of carbonyl (C=O) groups is 2. The zero-order chi connectivity index (χ0) is 44.9. The van der Waals surface area contributed by atoms with Gasteiger partial charge >= 0.3 is 27.6 Å². The summed E-state index contributed by atoms with van der Waals surface area (Å²) in [4.78, 5) is 52.7. The molecule has 0 spiro atoms. The highest BCUT2D eigenvalue weighted by molar-refractivity contribution is 7.47. The minimum atomic E-state index is -4.90. The van der Waals surface area contributed by atoms with Crippen molar-refractivity contribution in [3.63, 3.8) is 0 Å². The predicted octanol–water partition coefficient (Wildman–Crippen LogP) is 7.36. The summed E-state index contributed by atoms with van der Waals surface area (Å²) in [6.45, 7) is 1.16. The molecule has 0 amide bonds. The quantitative estimate of drug-likeness (QED) is 0.0105. The maximum Gasteiger partial charge on any atom is 0.472 e. The van der Waals surface area contributed by atoms with Gasteiger partial charge in [0.1, 0.15) is 12.7 Å². The molecule has 348 valence electrons. The smallest absolute Gasteiger partial charge is 0.462 e. The Morgan fingerprint density at radius 2 is 1.10 bits per heavy atom. The van der Waals surface area contributed by atoms with Crippen LogP contribution in [0.25, 0.3) is 0 Å². The molecule has 7 N–H and O–H groups in total. The number of rotatable bonds is 39. The van der Waals surface area contributed by atoms with Gasteiger partial charge < -0.3 is 44.6 Å². The molecule has 6 atom stereocenters. The van der Waals surface area contributed by atoms with Crippen molar-refractivity contribution in [3.8, 4) is 0 Å². The SMILES string of the molecule is CC/C=C\C[C@@H](O)/C=C/C=C/C=C\C=C/[C@H](O)[C@@H](O)CCCC(=O)OC[C@H](COP(=O)(O)OC[C@@H](O)COP(=O)(O)O)OC(=O)CCCCCCCCCCCCCCC. The van der Waals surface area contributed by atoms with Gasteiger partial charge in [-0.15, -0.1) is 0 Å². The van der Waals surface area contributed by atoms with Crippen LogP contribution in [0.15, 0.2) is 60.8 Å². The molecule has 0 aliphatic heterocycles. The van der Waals surface area contributed by atoms with E-state index in [0.717, 1.165) is 32.1 Å². The molecule has 0 saturated carbocycles. The van der Waals surface area contributed by atoms with Crippen molar-refractivity contribution in [1.29, 1.82) is 0 Å². The molecule has 0 aliphatic rings. The molecular formula is C42H74O16P2. The van der Waals surface area contributed by atoms with Gasteiger partial charge in [0.2, 0.25) is 0 Å². The monoisotopic (exact) mass is 896 g/mol. The molecule has 1 unspecified atom stereocenters. The van der Waals surface area contributed by atoms with E-state index in [1.54, 1.807) is 42.5 Å². The number of hydrogen-bond donors (Lipinski definition) is 7. The van der Waals surface area contributed by atoms with Crippen LogP contribution in [0.4, 0.5) is 0 Å². The van der Waals surface area contributed by atoms with Crippen molar-refractivity contribution >= 4 is 27.6 Å². The molecule has 0 fully saturated rings. The molecule has 0 saturated heterocycles. The van der Waals surface area contributed by atoms with Gasteiger partial charge in [0.15, 0.2) is 6.10 Å². The molecule has 0 bridgehead atoms. The molecule has 0 aromatic heterocycles. The fraction of sp³-hybridized carbons (Fsp3) is 0.714. The number of phosphoric ester groups is 2. The van der Waals surface area contributed by atoms with Crippen LogP contribution >= 0.6 is 15.6 Å². The Bertz CT molecular complexity index is 1340. The van der Waals surface area contributed by atoms with Gasteiger partial charge in [-0.2, -0.15) is 0 Å². The van der Waals surface area contributed by atoms with E-state index in [1.807, 2.05) is 19.1 Å². The minimum absolute atomic E-state index is 0.0571. The van der Waals surface area contributed by atoms with E-state index in [-0.39, 0.29) is 25.7 Å². The number of phosphoric acid groups is 2. The molecule has 60 heavy (non-hydrogen) atoms. The van der Waals surface area contributed by atoms with Crippen molar-refractivity contribution < 1.29 is 76.9 Å². The molecule has 0 heterocycles. The fourth-order valence-corrected chi connectivity index (χ4v) is 6.55. The first kappa shape index (κ1) is 57.7. The second kappa shape index (κ2) is 37.3. The highest BCUT2D eigenvalue weighted by atomic mass is 31.2. The van der Waals surface area contributed by atoms with Crippen LogP contribution < -0.4 is 0 Å². The van der Waals surface area contributed by atoms with Crippen molar-refractivity contribution in [3.05, 3.63) is 60.8 Å². The number of aliphatic hydroxyl groups excluding tert-OH is 4. The summed E-state index contributed by atoms with van der Waals surface area (Å²) in [5.41, 5.74) is 0. The Morgan fingerprint density at radius 3 is 1.68 bits per heavy atom. The third-order valence-electron chi connectivity index (χ3n) is 8.75. The molecule has 16 nitrogen and oxygen atoms in total. The van der Waals surface area contributed by atoms with E-state index in [1.165, 1.54) is 57.4 Å². The second-order valence-corrected chi connectivity index (χ2v) is 17.2. The van der Waals surface area contributed by atoms with Crippen LogP contribution in [0.3, 0.4) is 0 Å². The zero-order valence-corrected chi connectivity index (χ0v) is 37.4. The van der Waals surface area contributed by atoms with Crippen molar-refractivity contribution in [2.24, 2.45) is 0 Å². The Hall–Kier alpha value is -2.30. The number of aliphatic hydroxyl groups is 4. The molecule has 0 rings (SSSR count). The van der Waals surface area contributed by atoms with Crippen molar-refractivity contribution in [2.45, 2.75) is 166 Å². The van der Waals surface area contributed by atoms with Crippen molar-refractivity contribution in [2.75, 3.05) is 26.4 Å². The van der Waals surface area contributed by atoms with E-state index < -0.39 is 84.5 Å². The average molecular weight is 897 g/mol. The summed E-state index contributed by atoms with van der Waals surface area (Å²) in [6, 6.07) is 0. The van der Waals surface area contributed by atoms with Gasteiger partial charge in [0.25, 0.3) is 0 Å². The molecule has 0 aromatic rings. The first-order chi connectivity index (χ1) is 28.6. The number of unbranched alkanes of at least 4 members (excludes halogenated alkanes) is 12. The van der Waals surface area contributed by atoms with Crippen LogP contribution in [-0.2, 0) is 41.8 Å². The van der Waals surface area contributed by atoms with E-state index in [0.29, 0.717) is 12.8 Å². The predicted molar refractivity (Wildman–Crippen MR) is 229 cm³/mol. The lowest BCUT2D eigenvalue weighted by Gasteiger charge is -2.20. The van der Waals surface area contributed by atoms with Crippen LogP contribution in [-0.4, -0.2) is 104 Å². The number of hydrogen-bond acceptors (Lipinski definition) is 13. The zero-order valence-electron chi connectivity index (χ0n) is 35.6. The first-order valence-electron chi connectivity index (χ1n) is 21.3. The number of allylic oxidation sites excluding steroid dienone is 7. The minimum Gasteiger partial charge on any atom is -0.462 e. The summed E-state index contributed by atoms with van der Waals surface area (Å²) in [5, 5.41) is 40.1. The van der Waals surface area contributed by atoms with Gasteiger partial charge in [-0.25, -0.2) is 9.13 Å². The lowest BCUT2D eigenvalue weighted by Crippen LogP contribution is -2.30. The van der Waals surface area contributed by atoms with E-state index in [9.17, 15) is 44.0 Å². The topological polar surface area (TPSA) is 256 Å². The van der Waals surface area contributed by atoms with Gasteiger partial charge in [-0.1, -0.05) is 152 Å². The van der Waals surface area contributed by atoms with E-state index >= 15 is 0 Å². The maximum absolute atomic E-state index is 12.6. The van der Waals surface area contributed by atoms with E-state index in [4.69, 9.17) is 23.8 Å². The molecule has 0 radical (unpaired) electrons. The molecule has 18 heteroatoms. The second-order valence-electron chi connectivity index (χ2n) is 14.5. The Balaban J connectivity index is 4.85. The number of carbonyl (C=O) groups excluding carboxylic acids is 2. The van der Waals surface area contributed by atoms with Crippen LogP contribution in [0.1, 0.15) is 136 Å². The standard InChI is InChI=1S/C42H74O16P2/c1-3-5-7-8-9-10-11-12-13-14-15-20-24-30-42(48)58-38(35-57-60(52,53)56-33-37(44)32-55-59(49,50)51)34-54-41(47)31-25-29-40(46)39(45)28-23-19-17-16-18-22-27-36(43)26-21-6-4-2/h6,16-19,21-23,27-28,36-40,43-46H,3-5,7-15,20,24-26,29-35H2,1-2H3,(H,52,53)(H2,49,50,51)/b18-16+,19-17-,21-6-,27-22+,28-23-/t36-,37+,38-,39+,40+/m1/s1. The number of esters is 2. The lowest BCUT2D eigenvalue weighted by atomic mass is 10.0. The maximum atomic E-state index is 12.6. The molecular weight excluding hydrogens is 822 g/mol. The Labute approximate surface area is 357 Å². The van der Waals surface area contributed by atoms with Crippen molar-refractivity contribution in [1.82, 2.24) is 0 Å². The van der Waals surface area contributed by atoms with Crippen LogP contribution in [0.5, 0.6) is 0 Å². The fourth-order valence-electron chi connectivity index (χ4n) is 5.39. The van der Waals surface area contributed by atoms with Crippen LogP contribution in [0.2, 0.25) is 0 Å². The lowest BCUT2D eigenvalue weighted by molar-refractivity contribution is -0.161. The number of ether oxygens (including phenoxy) is 2. The average Bonchev–Trinajstić information content (AvgIpc) is 3.19. The van der Waals surface area contributed by atoms with Gasteiger partial charge in [0, 0.05) is 12.8 Å². The summed E-state index contributed by atoms with van der Waals surface area (Å²) in [6.07, 6.45) is 27.4. The molecule has 0 aromatic carbocycles. The summed E-state index contributed by atoms with van der Waals surface area (Å²) < 4.78 is 47.5. The normalized spacial score (nSPS) is 16.2. The van der Waals surface area contributed by atoms with Gasteiger partial charge in [0.05, 0.1) is 38.1 Å². The summed E-state index contributed by atoms with van der Waals surface area (Å²) >= 11 is 0. The Kier molecular flexibility index (Phi) is 35.8. The first-order valence-corrected chi connectivity index (χ1v) is 24.3. The Morgan fingerprint density at radius 1 is 0.583 bits per heavy atom. The highest BCUT2D eigenvalue weighted by Crippen LogP contribution is 2.43. The van der Waals surface area contributed by atoms with Gasteiger partial charge in [-0.05, 0) is 32.1 Å². The van der Waals surface area contributed by atoms with Gasteiger partial charge in [-0.3, -0.25) is 23.2 Å². The third kappa shape index (κ3) is 38.6.